The van der Waals surface area contributed by atoms with Gasteiger partial charge in [-0.25, -0.2) is 4.39 Å². The van der Waals surface area contributed by atoms with E-state index in [0.717, 1.165) is 17.7 Å². The minimum Gasteiger partial charge on any atom is -0.489 e. The molecule has 1 aliphatic heterocycles. The highest BCUT2D eigenvalue weighted by atomic mass is 19.4. The van der Waals surface area contributed by atoms with Gasteiger partial charge >= 0.3 is 12.3 Å². The summed E-state index contributed by atoms with van der Waals surface area (Å²) in [6.07, 6.45) is -5.04. The number of hydrogen-bond acceptors (Lipinski definition) is 4. The first-order chi connectivity index (χ1) is 13.2. The van der Waals surface area contributed by atoms with Crippen LogP contribution >= 0.6 is 0 Å². The van der Waals surface area contributed by atoms with Gasteiger partial charge in [0.2, 0.25) is 0 Å². The van der Waals surface area contributed by atoms with Gasteiger partial charge < -0.3 is 19.3 Å². The van der Waals surface area contributed by atoms with E-state index in [1.807, 2.05) is 0 Å². The molecular formula is C19H16F4O5. The Morgan fingerprint density at radius 3 is 2.36 bits per heavy atom. The van der Waals surface area contributed by atoms with Gasteiger partial charge in [0, 0.05) is 0 Å². The Labute approximate surface area is 157 Å². The van der Waals surface area contributed by atoms with Crippen molar-refractivity contribution in [2.24, 2.45) is 0 Å². The third-order valence-electron chi connectivity index (χ3n) is 4.34. The van der Waals surface area contributed by atoms with Crippen LogP contribution in [0, 0.1) is 5.82 Å². The fraction of sp³-hybridized carbons (Fsp3) is 0.316. The average Bonchev–Trinajstić information content (AvgIpc) is 2.58. The number of hydrogen-bond donors (Lipinski definition) is 1. The SMILES string of the molecule is O=C(O)CC1(c2ccc(OCc3ccc(F)c(OC(F)(F)F)c3)cc2)COC1. The standard InChI is InChI=1S/C19H16F4O5/c20-15-6-1-12(7-16(15)28-19(21,22)23)9-27-14-4-2-13(3-5-14)18(8-17(24)25)10-26-11-18/h1-7H,8-11H2,(H,24,25). The van der Waals surface area contributed by atoms with Crippen molar-refractivity contribution >= 4 is 5.97 Å². The summed E-state index contributed by atoms with van der Waals surface area (Å²) >= 11 is 0. The molecule has 28 heavy (non-hydrogen) atoms. The molecule has 0 radical (unpaired) electrons. The third-order valence-corrected chi connectivity index (χ3v) is 4.34. The second-order valence-corrected chi connectivity index (χ2v) is 6.47. The Balaban J connectivity index is 1.65. The van der Waals surface area contributed by atoms with Gasteiger partial charge in [-0.15, -0.1) is 13.2 Å². The molecule has 1 aliphatic rings. The monoisotopic (exact) mass is 400 g/mol. The molecule has 2 aromatic carbocycles. The summed E-state index contributed by atoms with van der Waals surface area (Å²) in [4.78, 5) is 11.1. The smallest absolute Gasteiger partial charge is 0.489 e. The molecule has 3 rings (SSSR count). The molecule has 0 atom stereocenters. The van der Waals surface area contributed by atoms with Crippen molar-refractivity contribution in [2.45, 2.75) is 24.8 Å². The molecular weight excluding hydrogens is 384 g/mol. The van der Waals surface area contributed by atoms with Crippen molar-refractivity contribution in [3.8, 4) is 11.5 Å². The first-order valence-electron chi connectivity index (χ1n) is 8.24. The highest BCUT2D eigenvalue weighted by Gasteiger charge is 2.42. The van der Waals surface area contributed by atoms with E-state index in [0.29, 0.717) is 24.5 Å². The highest BCUT2D eigenvalue weighted by Crippen LogP contribution is 2.36. The second-order valence-electron chi connectivity index (χ2n) is 6.47. The molecule has 9 heteroatoms. The second kappa shape index (κ2) is 7.67. The maximum atomic E-state index is 13.4. The van der Waals surface area contributed by atoms with E-state index in [1.165, 1.54) is 6.07 Å². The summed E-state index contributed by atoms with van der Waals surface area (Å²) in [5.74, 6) is -2.55. The van der Waals surface area contributed by atoms with Crippen molar-refractivity contribution in [1.29, 1.82) is 0 Å². The van der Waals surface area contributed by atoms with Gasteiger partial charge in [0.05, 0.1) is 25.0 Å². The largest absolute Gasteiger partial charge is 0.573 e. The number of benzene rings is 2. The Morgan fingerprint density at radius 2 is 1.82 bits per heavy atom. The van der Waals surface area contributed by atoms with Crippen LogP contribution in [0.2, 0.25) is 0 Å². The number of alkyl halides is 3. The van der Waals surface area contributed by atoms with Crippen LogP contribution in [0.25, 0.3) is 0 Å². The zero-order valence-corrected chi connectivity index (χ0v) is 14.5. The molecule has 1 fully saturated rings. The van der Waals surface area contributed by atoms with Gasteiger partial charge in [-0.2, -0.15) is 0 Å². The molecule has 5 nitrogen and oxygen atoms in total. The molecule has 1 N–H and O–H groups in total. The van der Waals surface area contributed by atoms with Crippen LogP contribution in [0.15, 0.2) is 42.5 Å². The quantitative estimate of drug-likeness (QED) is 0.711. The van der Waals surface area contributed by atoms with Crippen LogP contribution in [0.4, 0.5) is 17.6 Å². The summed E-state index contributed by atoms with van der Waals surface area (Å²) in [6.45, 7) is 0.533. The van der Waals surface area contributed by atoms with Crippen LogP contribution in [-0.2, 0) is 21.6 Å². The van der Waals surface area contributed by atoms with Gasteiger partial charge in [0.15, 0.2) is 11.6 Å². The minimum absolute atomic E-state index is 0.0508. The van der Waals surface area contributed by atoms with E-state index >= 15 is 0 Å². The van der Waals surface area contributed by atoms with Crippen LogP contribution in [0.1, 0.15) is 17.5 Å². The lowest BCUT2D eigenvalue weighted by Gasteiger charge is -2.40. The Bertz CT molecular complexity index is 844. The first-order valence-corrected chi connectivity index (χ1v) is 8.24. The van der Waals surface area contributed by atoms with E-state index in [1.54, 1.807) is 24.3 Å². The maximum Gasteiger partial charge on any atom is 0.573 e. The van der Waals surface area contributed by atoms with E-state index < -0.39 is 29.3 Å². The lowest BCUT2D eigenvalue weighted by atomic mass is 9.76. The predicted molar refractivity (Wildman–Crippen MR) is 88.6 cm³/mol. The Morgan fingerprint density at radius 1 is 1.14 bits per heavy atom. The number of rotatable bonds is 7. The van der Waals surface area contributed by atoms with E-state index in [2.05, 4.69) is 4.74 Å². The lowest BCUT2D eigenvalue weighted by molar-refractivity contribution is -0.275. The Hall–Kier alpha value is -2.81. The maximum absolute atomic E-state index is 13.4. The first kappa shape index (κ1) is 19.9. The summed E-state index contributed by atoms with van der Waals surface area (Å²) in [6, 6.07) is 9.80. The normalized spacial score (nSPS) is 15.6. The third kappa shape index (κ3) is 4.72. The number of halogens is 4. The molecule has 0 amide bonds. The molecule has 0 spiro atoms. The van der Waals surface area contributed by atoms with Crippen LogP contribution in [0.5, 0.6) is 11.5 Å². The Kier molecular flexibility index (Phi) is 5.46. The van der Waals surface area contributed by atoms with Crippen LogP contribution in [-0.4, -0.2) is 30.7 Å². The molecule has 1 saturated heterocycles. The molecule has 2 aromatic rings. The van der Waals surface area contributed by atoms with Crippen molar-refractivity contribution < 1.29 is 41.7 Å². The van der Waals surface area contributed by atoms with Crippen LogP contribution in [0.3, 0.4) is 0 Å². The van der Waals surface area contributed by atoms with Gasteiger partial charge in [-0.1, -0.05) is 18.2 Å². The number of carboxylic acids is 1. The number of aliphatic carboxylic acids is 1. The number of carbonyl (C=O) groups is 1. The van der Waals surface area contributed by atoms with E-state index in [9.17, 15) is 22.4 Å². The lowest BCUT2D eigenvalue weighted by Crippen LogP contribution is -2.48. The molecule has 150 valence electrons. The van der Waals surface area contributed by atoms with E-state index in [4.69, 9.17) is 14.6 Å². The summed E-state index contributed by atoms with van der Waals surface area (Å²) < 4.78 is 64.6. The van der Waals surface area contributed by atoms with Gasteiger partial charge in [0.25, 0.3) is 0 Å². The van der Waals surface area contributed by atoms with Crippen molar-refractivity contribution in [3.63, 3.8) is 0 Å². The molecule has 0 aromatic heterocycles. The van der Waals surface area contributed by atoms with E-state index in [-0.39, 0.29) is 13.0 Å². The van der Waals surface area contributed by atoms with Crippen molar-refractivity contribution in [2.75, 3.05) is 13.2 Å². The van der Waals surface area contributed by atoms with Crippen molar-refractivity contribution in [1.82, 2.24) is 0 Å². The number of ether oxygens (including phenoxy) is 3. The zero-order valence-electron chi connectivity index (χ0n) is 14.5. The fourth-order valence-corrected chi connectivity index (χ4v) is 2.92. The zero-order chi connectivity index (χ0) is 20.4. The predicted octanol–water partition coefficient (Wildman–Crippen LogP) is 4.05. The molecule has 0 bridgehead atoms. The summed E-state index contributed by atoms with van der Waals surface area (Å²) in [7, 11) is 0. The fourth-order valence-electron chi connectivity index (χ4n) is 2.92. The minimum atomic E-state index is -4.99. The van der Waals surface area contributed by atoms with Crippen molar-refractivity contribution in [3.05, 3.63) is 59.4 Å². The molecule has 1 heterocycles. The highest BCUT2D eigenvalue weighted by molar-refractivity contribution is 5.69. The summed E-state index contributed by atoms with van der Waals surface area (Å²) in [5.41, 5.74) is 0.529. The van der Waals surface area contributed by atoms with Crippen LogP contribution < -0.4 is 9.47 Å². The number of carboxylic acid groups (broad SMARTS) is 1. The molecule has 0 saturated carbocycles. The van der Waals surface area contributed by atoms with Gasteiger partial charge in [0.1, 0.15) is 12.4 Å². The summed E-state index contributed by atoms with van der Waals surface area (Å²) in [5, 5.41) is 9.07. The topological polar surface area (TPSA) is 65.0 Å². The van der Waals surface area contributed by atoms with Gasteiger partial charge in [-0.05, 0) is 35.4 Å². The molecule has 0 aliphatic carbocycles. The van der Waals surface area contributed by atoms with Gasteiger partial charge in [-0.3, -0.25) is 4.79 Å². The average molecular weight is 400 g/mol. The molecule has 0 unspecified atom stereocenters.